The van der Waals surface area contributed by atoms with Crippen molar-refractivity contribution in [3.05, 3.63) is 194 Å². The molecule has 5 saturated heterocycles. The molecular weight excluding hydrogens is 1510 g/mol. The van der Waals surface area contributed by atoms with Crippen LogP contribution in [0.15, 0.2) is 128 Å². The van der Waals surface area contributed by atoms with Crippen molar-refractivity contribution < 1.29 is 80.8 Å². The van der Waals surface area contributed by atoms with Crippen LogP contribution in [0.5, 0.6) is 5.75 Å². The van der Waals surface area contributed by atoms with Crippen LogP contribution in [0.3, 0.4) is 0 Å². The molecule has 10 heterocycles. The van der Waals surface area contributed by atoms with Crippen LogP contribution in [0.1, 0.15) is 144 Å². The number of ether oxygens (including phenoxy) is 6. The number of hydrogen-bond acceptors (Lipinski definition) is 26. The van der Waals surface area contributed by atoms with Gasteiger partial charge in [-0.15, -0.1) is 58.8 Å². The highest BCUT2D eigenvalue weighted by Crippen LogP contribution is 2.53. The predicted molar refractivity (Wildman–Crippen MR) is 417 cm³/mol. The topological polar surface area (TPSA) is 286 Å². The molecule has 109 heavy (non-hydrogen) atoms. The second kappa shape index (κ2) is 30.6. The van der Waals surface area contributed by atoms with E-state index in [0.717, 1.165) is 152 Å². The SMILES string of the molecule is COc1ccc2c(c1)C1=C(SCC3(CCNCC3)O1)C(=O)C2=O.O=C1C(=O)c2ccc(Cl)cc2C2=C1SCC1(CCNCC1)O2.O=C1C(=O)c2ccc(F)cc2C2=C1SCC1(CCNCC1)O2.O=C1C(=O)c2ccccc2C2=C1SCC1(CCCNC1)O2.O=C1C(=O)c2ccccc2C2=C1SCC1(CCNCC1)O2. The predicted octanol–water partition coefficient (Wildman–Crippen LogP) is 10.8. The lowest BCUT2D eigenvalue weighted by molar-refractivity contribution is -0.112. The molecule has 1 unspecified atom stereocenters. The van der Waals surface area contributed by atoms with Crippen LogP contribution in [-0.4, -0.2) is 187 Å². The van der Waals surface area contributed by atoms with Gasteiger partial charge in [-0.3, -0.25) is 47.9 Å². The van der Waals surface area contributed by atoms with E-state index in [1.165, 1.54) is 77.0 Å². The van der Waals surface area contributed by atoms with Crippen molar-refractivity contribution in [2.45, 2.75) is 92.2 Å². The van der Waals surface area contributed by atoms with Gasteiger partial charge in [0.25, 0.3) is 0 Å². The first-order chi connectivity index (χ1) is 52.7. The first-order valence-electron chi connectivity index (χ1n) is 36.5. The lowest BCUT2D eigenvalue weighted by Crippen LogP contribution is -2.51. The molecule has 0 amide bonds. The van der Waals surface area contributed by atoms with Gasteiger partial charge >= 0.3 is 0 Å². The molecule has 28 heteroatoms. The monoisotopic (exact) mass is 1590 g/mol. The normalized spacial score (nSPS) is 24.1. The largest absolute Gasteiger partial charge is 0.497 e. The number of thioether (sulfide) groups is 5. The van der Waals surface area contributed by atoms with E-state index in [0.29, 0.717) is 120 Å². The lowest BCUT2D eigenvalue weighted by atomic mass is 9.90. The zero-order valence-corrected chi connectivity index (χ0v) is 64.2. The fourth-order valence-electron chi connectivity index (χ4n) is 15.9. The number of Topliss-reactive ketones (excluding diaryl/α,β-unsaturated/α-hetero) is 10. The summed E-state index contributed by atoms with van der Waals surface area (Å²) in [6.07, 6.45) is 9.18. The Bertz CT molecular complexity index is 4700. The smallest absolute Gasteiger partial charge is 0.243 e. The average Bonchev–Trinajstić information content (AvgIpc) is 0.765. The molecule has 0 saturated carbocycles. The average molecular weight is 1590 g/mol. The van der Waals surface area contributed by atoms with Crippen molar-refractivity contribution in [3.8, 4) is 5.75 Å². The van der Waals surface area contributed by atoms with Crippen LogP contribution in [-0.2, 0) is 47.7 Å². The molecule has 0 bridgehead atoms. The molecule has 564 valence electrons. The Morgan fingerprint density at radius 2 is 0.633 bits per heavy atom. The van der Waals surface area contributed by atoms with Crippen molar-refractivity contribution in [2.75, 3.05) is 101 Å². The maximum absolute atomic E-state index is 13.6. The Morgan fingerprint density at radius 3 is 0.991 bits per heavy atom. The van der Waals surface area contributed by atoms with Crippen molar-refractivity contribution in [3.63, 3.8) is 0 Å². The molecule has 5 spiro atoms. The fourth-order valence-corrected chi connectivity index (χ4v) is 22.4. The number of hydrogen-bond donors (Lipinski definition) is 5. The van der Waals surface area contributed by atoms with Gasteiger partial charge in [-0.25, -0.2) is 4.39 Å². The molecule has 5 aliphatic carbocycles. The molecule has 1 atom stereocenters. The number of carbonyl (C=O) groups excluding carboxylic acids is 10. The zero-order chi connectivity index (χ0) is 75.6. The minimum Gasteiger partial charge on any atom is -0.497 e. The van der Waals surface area contributed by atoms with E-state index >= 15 is 0 Å². The number of carbonyl (C=O) groups is 10. The van der Waals surface area contributed by atoms with Gasteiger partial charge in [0, 0.05) is 147 Å². The van der Waals surface area contributed by atoms with Gasteiger partial charge in [0.2, 0.25) is 57.8 Å². The lowest BCUT2D eigenvalue weighted by Gasteiger charge is -2.42. The number of nitrogens with one attached hydrogen (secondary N) is 5. The summed E-state index contributed by atoms with van der Waals surface area (Å²) in [6, 6.07) is 28.4. The summed E-state index contributed by atoms with van der Waals surface area (Å²) in [5.74, 6) is 1.83. The summed E-state index contributed by atoms with van der Waals surface area (Å²) in [5, 5.41) is 17.2. The van der Waals surface area contributed by atoms with E-state index in [2.05, 4.69) is 26.6 Å². The number of methoxy groups -OCH3 is 1. The van der Waals surface area contributed by atoms with Crippen LogP contribution in [0.2, 0.25) is 5.02 Å². The number of ketones is 10. The summed E-state index contributed by atoms with van der Waals surface area (Å²) in [7, 11) is 1.58. The van der Waals surface area contributed by atoms with Gasteiger partial charge in [0.05, 0.1) is 7.11 Å². The summed E-state index contributed by atoms with van der Waals surface area (Å²) >= 11 is 13.3. The first-order valence-corrected chi connectivity index (χ1v) is 41.8. The number of rotatable bonds is 1. The molecule has 21 nitrogen and oxygen atoms in total. The number of allylic oxidation sites excluding steroid dienone is 5. The van der Waals surface area contributed by atoms with Gasteiger partial charge in [-0.1, -0.05) is 60.1 Å². The van der Waals surface area contributed by atoms with Gasteiger partial charge in [-0.05, 0) is 126 Å². The Kier molecular flexibility index (Phi) is 21.1. The molecule has 0 radical (unpaired) electrons. The minimum atomic E-state index is -0.578. The second-order valence-corrected chi connectivity index (χ2v) is 34.5. The molecular formula is C81H75ClFN5O16S5. The van der Waals surface area contributed by atoms with E-state index in [1.807, 2.05) is 24.3 Å². The second-order valence-electron chi connectivity index (χ2n) is 29.1. The van der Waals surface area contributed by atoms with E-state index in [1.54, 1.807) is 67.8 Å². The highest BCUT2D eigenvalue weighted by atomic mass is 35.5. The molecule has 0 aromatic heterocycles. The van der Waals surface area contributed by atoms with Crippen LogP contribution in [0.25, 0.3) is 28.8 Å². The molecule has 15 aliphatic rings. The molecule has 20 rings (SSSR count). The maximum atomic E-state index is 13.6. The van der Waals surface area contributed by atoms with Crippen molar-refractivity contribution in [1.82, 2.24) is 26.6 Å². The Hall–Kier alpha value is -7.93. The summed E-state index contributed by atoms with van der Waals surface area (Å²) < 4.78 is 50.3. The first kappa shape index (κ1) is 75.1. The van der Waals surface area contributed by atoms with Crippen LogP contribution in [0, 0.1) is 5.82 Å². The van der Waals surface area contributed by atoms with Crippen molar-refractivity contribution in [2.24, 2.45) is 0 Å². The van der Waals surface area contributed by atoms with Crippen molar-refractivity contribution >= 4 is 157 Å². The van der Waals surface area contributed by atoms with Crippen molar-refractivity contribution in [1.29, 1.82) is 0 Å². The van der Waals surface area contributed by atoms with E-state index in [4.69, 9.17) is 40.0 Å². The molecule has 5 aromatic carbocycles. The third kappa shape index (κ3) is 14.2. The van der Waals surface area contributed by atoms with Crippen LogP contribution in [0.4, 0.5) is 4.39 Å². The molecule has 5 N–H and O–H groups in total. The Morgan fingerprint density at radius 1 is 0.330 bits per heavy atom. The molecule has 5 aromatic rings. The van der Waals surface area contributed by atoms with Crippen LogP contribution < -0.4 is 31.3 Å². The van der Waals surface area contributed by atoms with Gasteiger partial charge in [0.1, 0.15) is 92.9 Å². The van der Waals surface area contributed by atoms with Gasteiger partial charge in [-0.2, -0.15) is 0 Å². The van der Waals surface area contributed by atoms with E-state index in [9.17, 15) is 52.3 Å². The summed E-state index contributed by atoms with van der Waals surface area (Å²) in [6.45, 7) is 8.98. The number of benzene rings is 5. The highest BCUT2D eigenvalue weighted by molar-refractivity contribution is 8.05. The van der Waals surface area contributed by atoms with Crippen LogP contribution >= 0.6 is 70.4 Å². The highest BCUT2D eigenvalue weighted by Gasteiger charge is 2.51. The molecule has 10 aliphatic heterocycles. The quantitative estimate of drug-likeness (QED) is 0.0975. The third-order valence-electron chi connectivity index (χ3n) is 22.1. The standard InChI is InChI=1S/C17H17NO4S.C16H14ClNO3S.C16H14FNO3S.2C16H15NO3S/c1-21-10-2-3-11-12(8-10)15-16(14(20)13(11)19)23-9-17(22-15)4-6-18-7-5-17;2*17-9-1-2-10-11(7-9)14-15(13(20)12(10)19)22-8-16(21-14)3-5-18-6-4-16;18-12-10-4-1-2-5-11(10)14-15(13(12)19)21-9-16(20-14)6-3-7-17-8-16;18-12-10-3-1-2-4-11(10)14-15(13(12)19)21-9-16(20-14)5-7-17-8-6-16/h2-3,8,18H,4-7,9H2,1H3;2*1-2,7,18H,3-6,8H2;1-2,4-5,17H,3,6-9H2;1-4,17H,5-9H2. The summed E-state index contributed by atoms with van der Waals surface area (Å²) in [5.41, 5.74) is 3.91. The Labute approximate surface area is 653 Å². The van der Waals surface area contributed by atoms with Gasteiger partial charge < -0.3 is 55.0 Å². The summed E-state index contributed by atoms with van der Waals surface area (Å²) in [4.78, 5) is 125. The fraction of sp³-hybridized carbons (Fsp3) is 0.383. The maximum Gasteiger partial charge on any atom is 0.243 e. The van der Waals surface area contributed by atoms with E-state index < -0.39 is 63.6 Å². The third-order valence-corrected chi connectivity index (χ3v) is 29.0. The van der Waals surface area contributed by atoms with E-state index in [-0.39, 0.29) is 33.6 Å². The number of halogens is 2. The minimum absolute atomic E-state index is 0.206. The molecule has 5 fully saturated rings. The number of fused-ring (bicyclic) bond motifs is 10. The Balaban J connectivity index is 0.000000104. The zero-order valence-electron chi connectivity index (χ0n) is 59.3. The number of piperidine rings is 5. The van der Waals surface area contributed by atoms with Gasteiger partial charge in [0.15, 0.2) is 0 Å².